The largest absolute Gasteiger partial charge is 0.492 e. The van der Waals surface area contributed by atoms with Crippen molar-refractivity contribution in [3.05, 3.63) is 29.8 Å². The van der Waals surface area contributed by atoms with Crippen molar-refractivity contribution in [2.75, 3.05) is 39.5 Å². The second kappa shape index (κ2) is 7.07. The zero-order chi connectivity index (χ0) is 13.6. The van der Waals surface area contributed by atoms with Gasteiger partial charge in [0.05, 0.1) is 13.2 Å². The summed E-state index contributed by atoms with van der Waals surface area (Å²) in [5.74, 6) is 0.966. The van der Waals surface area contributed by atoms with Crippen LogP contribution in [0.25, 0.3) is 0 Å². The van der Waals surface area contributed by atoms with E-state index in [1.807, 2.05) is 0 Å². The third-order valence-corrected chi connectivity index (χ3v) is 3.88. The van der Waals surface area contributed by atoms with Crippen LogP contribution in [0.5, 0.6) is 5.75 Å². The molecule has 1 aliphatic carbocycles. The van der Waals surface area contributed by atoms with Gasteiger partial charge in [-0.1, -0.05) is 12.1 Å². The van der Waals surface area contributed by atoms with Crippen LogP contribution in [0.4, 0.5) is 0 Å². The molecular weight excluding hydrogens is 252 g/mol. The first-order valence-corrected chi connectivity index (χ1v) is 7.65. The minimum Gasteiger partial charge on any atom is -0.492 e. The number of benzene rings is 1. The molecule has 0 atom stereocenters. The monoisotopic (exact) mass is 276 g/mol. The van der Waals surface area contributed by atoms with Gasteiger partial charge in [-0.05, 0) is 30.5 Å². The zero-order valence-corrected chi connectivity index (χ0v) is 12.0. The Morgan fingerprint density at radius 2 is 1.90 bits per heavy atom. The smallest absolute Gasteiger partial charge is 0.119 e. The van der Waals surface area contributed by atoms with E-state index in [0.29, 0.717) is 0 Å². The lowest BCUT2D eigenvalue weighted by atomic mass is 10.2. The first-order chi connectivity index (χ1) is 9.90. The highest BCUT2D eigenvalue weighted by molar-refractivity contribution is 5.27. The van der Waals surface area contributed by atoms with Gasteiger partial charge in [-0.15, -0.1) is 0 Å². The third-order valence-electron chi connectivity index (χ3n) is 3.88. The second-order valence-electron chi connectivity index (χ2n) is 5.60. The molecule has 4 nitrogen and oxygen atoms in total. The van der Waals surface area contributed by atoms with Gasteiger partial charge in [0, 0.05) is 32.2 Å². The summed E-state index contributed by atoms with van der Waals surface area (Å²) < 4.78 is 11.1. The minimum atomic E-state index is 0.750. The van der Waals surface area contributed by atoms with Crippen molar-refractivity contribution < 1.29 is 9.47 Å². The van der Waals surface area contributed by atoms with Crippen LogP contribution in [0, 0.1) is 0 Å². The van der Waals surface area contributed by atoms with Gasteiger partial charge in [-0.2, -0.15) is 0 Å². The lowest BCUT2D eigenvalue weighted by molar-refractivity contribution is 0.0322. The second-order valence-corrected chi connectivity index (χ2v) is 5.60. The topological polar surface area (TPSA) is 33.7 Å². The molecule has 0 amide bonds. The molecule has 2 aliphatic rings. The van der Waals surface area contributed by atoms with Gasteiger partial charge >= 0.3 is 0 Å². The Bertz CT molecular complexity index is 397. The third kappa shape index (κ3) is 4.47. The maximum atomic E-state index is 5.80. The Labute approximate surface area is 121 Å². The molecule has 0 aromatic heterocycles. The van der Waals surface area contributed by atoms with Crippen molar-refractivity contribution in [2.45, 2.75) is 25.4 Å². The summed E-state index contributed by atoms with van der Waals surface area (Å²) in [5, 5.41) is 3.52. The normalized spacial score (nSPS) is 20.0. The van der Waals surface area contributed by atoms with Crippen LogP contribution in [0.3, 0.4) is 0 Å². The van der Waals surface area contributed by atoms with Crippen LogP contribution < -0.4 is 10.1 Å². The van der Waals surface area contributed by atoms with E-state index in [4.69, 9.17) is 9.47 Å². The molecule has 0 radical (unpaired) electrons. The van der Waals surface area contributed by atoms with E-state index in [0.717, 1.165) is 57.8 Å². The molecule has 1 aliphatic heterocycles. The summed E-state index contributed by atoms with van der Waals surface area (Å²) in [5.41, 5.74) is 1.33. The van der Waals surface area contributed by atoms with Crippen LogP contribution in [0.15, 0.2) is 24.3 Å². The van der Waals surface area contributed by atoms with E-state index >= 15 is 0 Å². The molecule has 1 N–H and O–H groups in total. The molecule has 1 saturated heterocycles. The molecule has 0 spiro atoms. The maximum Gasteiger partial charge on any atom is 0.119 e. The van der Waals surface area contributed by atoms with Crippen LogP contribution >= 0.6 is 0 Å². The van der Waals surface area contributed by atoms with Crippen molar-refractivity contribution in [2.24, 2.45) is 0 Å². The first-order valence-electron chi connectivity index (χ1n) is 7.65. The fourth-order valence-electron chi connectivity index (χ4n) is 2.37. The number of morpholine rings is 1. The molecule has 20 heavy (non-hydrogen) atoms. The van der Waals surface area contributed by atoms with Crippen molar-refractivity contribution in [3.8, 4) is 5.75 Å². The molecule has 1 aromatic carbocycles. The number of hydrogen-bond acceptors (Lipinski definition) is 4. The minimum absolute atomic E-state index is 0.750. The molecule has 1 heterocycles. The van der Waals surface area contributed by atoms with E-state index in [-0.39, 0.29) is 0 Å². The highest BCUT2D eigenvalue weighted by Gasteiger charge is 2.19. The summed E-state index contributed by atoms with van der Waals surface area (Å²) in [7, 11) is 0. The SMILES string of the molecule is c1cc(OCCN2CCOCC2)ccc1CNC1CC1. The van der Waals surface area contributed by atoms with Crippen LogP contribution in [-0.4, -0.2) is 50.4 Å². The molecule has 4 heteroatoms. The van der Waals surface area contributed by atoms with E-state index in [2.05, 4.69) is 34.5 Å². The van der Waals surface area contributed by atoms with Crippen LogP contribution in [0.1, 0.15) is 18.4 Å². The molecule has 1 saturated carbocycles. The molecule has 1 aromatic rings. The predicted molar refractivity (Wildman–Crippen MR) is 79.1 cm³/mol. The lowest BCUT2D eigenvalue weighted by Gasteiger charge is -2.26. The van der Waals surface area contributed by atoms with Gasteiger partial charge in [0.1, 0.15) is 12.4 Å². The molecule has 110 valence electrons. The average Bonchev–Trinajstić information content (AvgIpc) is 3.32. The number of ether oxygens (including phenoxy) is 2. The number of nitrogens with zero attached hydrogens (tertiary/aromatic N) is 1. The van der Waals surface area contributed by atoms with Gasteiger partial charge in [-0.25, -0.2) is 0 Å². The standard InChI is InChI=1S/C16H24N2O2/c1-5-16(6-2-14(1)13-17-15-3-4-15)20-12-9-18-7-10-19-11-8-18/h1-2,5-6,15,17H,3-4,7-13H2. The van der Waals surface area contributed by atoms with E-state index in [1.54, 1.807) is 0 Å². The van der Waals surface area contributed by atoms with Gasteiger partial charge in [0.25, 0.3) is 0 Å². The summed E-state index contributed by atoms with van der Waals surface area (Å²) in [6, 6.07) is 9.21. The van der Waals surface area contributed by atoms with Gasteiger partial charge in [0.15, 0.2) is 0 Å². The van der Waals surface area contributed by atoms with E-state index in [9.17, 15) is 0 Å². The zero-order valence-electron chi connectivity index (χ0n) is 12.0. The Balaban J connectivity index is 1.36. The summed E-state index contributed by atoms with van der Waals surface area (Å²) in [6.07, 6.45) is 2.67. The Morgan fingerprint density at radius 1 is 1.15 bits per heavy atom. The first kappa shape index (κ1) is 13.9. The highest BCUT2D eigenvalue weighted by Crippen LogP contribution is 2.19. The fraction of sp³-hybridized carbons (Fsp3) is 0.625. The molecule has 2 fully saturated rings. The number of nitrogens with one attached hydrogen (secondary N) is 1. The van der Waals surface area contributed by atoms with Gasteiger partial charge < -0.3 is 14.8 Å². The highest BCUT2D eigenvalue weighted by atomic mass is 16.5. The summed E-state index contributed by atoms with van der Waals surface area (Å²) >= 11 is 0. The predicted octanol–water partition coefficient (Wildman–Crippen LogP) is 1.65. The number of rotatable bonds is 7. The lowest BCUT2D eigenvalue weighted by Crippen LogP contribution is -2.38. The van der Waals surface area contributed by atoms with Crippen molar-refractivity contribution in [3.63, 3.8) is 0 Å². The van der Waals surface area contributed by atoms with Crippen molar-refractivity contribution >= 4 is 0 Å². The molecular formula is C16H24N2O2. The van der Waals surface area contributed by atoms with Crippen molar-refractivity contribution in [1.29, 1.82) is 0 Å². The Hall–Kier alpha value is -1.10. The van der Waals surface area contributed by atoms with E-state index in [1.165, 1.54) is 18.4 Å². The van der Waals surface area contributed by atoms with Gasteiger partial charge in [0.2, 0.25) is 0 Å². The molecule has 0 bridgehead atoms. The van der Waals surface area contributed by atoms with Crippen LogP contribution in [-0.2, 0) is 11.3 Å². The number of hydrogen-bond donors (Lipinski definition) is 1. The Morgan fingerprint density at radius 3 is 2.60 bits per heavy atom. The Kier molecular flexibility index (Phi) is 4.90. The summed E-state index contributed by atoms with van der Waals surface area (Å²) in [4.78, 5) is 2.39. The maximum absolute atomic E-state index is 5.80. The average molecular weight is 276 g/mol. The van der Waals surface area contributed by atoms with E-state index < -0.39 is 0 Å². The van der Waals surface area contributed by atoms with Crippen LogP contribution in [0.2, 0.25) is 0 Å². The van der Waals surface area contributed by atoms with Crippen molar-refractivity contribution in [1.82, 2.24) is 10.2 Å². The van der Waals surface area contributed by atoms with Gasteiger partial charge in [-0.3, -0.25) is 4.90 Å². The quantitative estimate of drug-likeness (QED) is 0.821. The fourth-order valence-corrected chi connectivity index (χ4v) is 2.37. The molecule has 0 unspecified atom stereocenters. The molecule has 3 rings (SSSR count). The summed E-state index contributed by atoms with van der Waals surface area (Å²) in [6.45, 7) is 6.45.